The van der Waals surface area contributed by atoms with Crippen LogP contribution in [-0.2, 0) is 11.3 Å². The van der Waals surface area contributed by atoms with Crippen molar-refractivity contribution in [3.63, 3.8) is 0 Å². The van der Waals surface area contributed by atoms with E-state index in [9.17, 15) is 4.79 Å². The number of hydrogen-bond acceptors (Lipinski definition) is 4. The van der Waals surface area contributed by atoms with E-state index in [1.165, 1.54) is 4.90 Å². The number of pyridine rings is 1. The van der Waals surface area contributed by atoms with E-state index in [1.807, 2.05) is 45.0 Å². The Hall–Kier alpha value is -2.56. The topological polar surface area (TPSA) is 51.7 Å². The Morgan fingerprint density at radius 2 is 1.96 bits per heavy atom. The molecule has 0 aliphatic heterocycles. The van der Waals surface area contributed by atoms with Gasteiger partial charge in [0.15, 0.2) is 0 Å². The van der Waals surface area contributed by atoms with Crippen molar-refractivity contribution < 1.29 is 14.3 Å². The molecule has 0 fully saturated rings. The van der Waals surface area contributed by atoms with E-state index in [1.54, 1.807) is 25.4 Å². The van der Waals surface area contributed by atoms with Crippen LogP contribution in [0.25, 0.3) is 0 Å². The number of aromatic nitrogens is 1. The molecule has 1 heterocycles. The second-order valence-corrected chi connectivity index (χ2v) is 6.03. The van der Waals surface area contributed by atoms with Crippen molar-refractivity contribution in [3.8, 4) is 5.75 Å². The Bertz CT molecular complexity index is 634. The second kappa shape index (κ2) is 7.13. The standard InChI is InChI=1S/C18H21N2O3/c1-18(2,3)23-17(21)20(16-7-5-6-12-19-16)13-14-8-10-15(22-4)11-9-14/h6-12H,13H2,1-4H3. The fraction of sp³-hybridized carbons (Fsp3) is 0.333. The number of anilines is 1. The molecule has 0 unspecified atom stereocenters. The van der Waals surface area contributed by atoms with Crippen LogP contribution < -0.4 is 9.64 Å². The number of nitrogens with zero attached hydrogens (tertiary/aromatic N) is 2. The molecule has 0 bridgehead atoms. The summed E-state index contributed by atoms with van der Waals surface area (Å²) in [5, 5.41) is 0. The van der Waals surface area contributed by atoms with Crippen LogP contribution >= 0.6 is 0 Å². The smallest absolute Gasteiger partial charge is 0.416 e. The first-order valence-electron chi connectivity index (χ1n) is 7.34. The van der Waals surface area contributed by atoms with E-state index in [0.717, 1.165) is 11.3 Å². The Balaban J connectivity index is 2.24. The number of carbonyl (C=O) groups is 1. The maximum absolute atomic E-state index is 12.5. The summed E-state index contributed by atoms with van der Waals surface area (Å²) in [6.45, 7) is 5.85. The van der Waals surface area contributed by atoms with Crippen LogP contribution in [0.5, 0.6) is 5.75 Å². The van der Waals surface area contributed by atoms with Crippen LogP contribution in [0, 0.1) is 6.07 Å². The van der Waals surface area contributed by atoms with Crippen LogP contribution in [0.15, 0.2) is 42.6 Å². The zero-order valence-corrected chi connectivity index (χ0v) is 13.9. The highest BCUT2D eigenvalue weighted by atomic mass is 16.6. The minimum atomic E-state index is -0.576. The third-order valence-electron chi connectivity index (χ3n) is 2.98. The van der Waals surface area contributed by atoms with Crippen LogP contribution in [-0.4, -0.2) is 23.8 Å². The molecule has 0 saturated heterocycles. The highest BCUT2D eigenvalue weighted by Crippen LogP contribution is 2.20. The number of hydrogen-bond donors (Lipinski definition) is 0. The molecule has 0 saturated carbocycles. The molecule has 121 valence electrons. The fourth-order valence-corrected chi connectivity index (χ4v) is 1.93. The first kappa shape index (κ1) is 16.8. The molecular weight excluding hydrogens is 292 g/mol. The van der Waals surface area contributed by atoms with Gasteiger partial charge in [0.25, 0.3) is 0 Å². The van der Waals surface area contributed by atoms with Crippen molar-refractivity contribution in [1.29, 1.82) is 0 Å². The van der Waals surface area contributed by atoms with Gasteiger partial charge in [0.2, 0.25) is 0 Å². The lowest BCUT2D eigenvalue weighted by Gasteiger charge is -2.26. The lowest BCUT2D eigenvalue weighted by Crippen LogP contribution is -2.37. The summed E-state index contributed by atoms with van der Waals surface area (Å²) in [6.07, 6.45) is 1.15. The van der Waals surface area contributed by atoms with Gasteiger partial charge in [0, 0.05) is 6.20 Å². The molecule has 0 aliphatic rings. The summed E-state index contributed by atoms with van der Waals surface area (Å²) in [7, 11) is 1.62. The van der Waals surface area contributed by atoms with Crippen LogP contribution in [0.2, 0.25) is 0 Å². The normalized spacial score (nSPS) is 11.0. The van der Waals surface area contributed by atoms with Crippen molar-refractivity contribution >= 4 is 11.9 Å². The van der Waals surface area contributed by atoms with Gasteiger partial charge in [-0.05, 0) is 56.7 Å². The van der Waals surface area contributed by atoms with Gasteiger partial charge in [0.05, 0.1) is 13.7 Å². The van der Waals surface area contributed by atoms with Gasteiger partial charge in [-0.3, -0.25) is 4.90 Å². The van der Waals surface area contributed by atoms with Crippen molar-refractivity contribution in [1.82, 2.24) is 4.98 Å². The molecule has 1 aromatic heterocycles. The second-order valence-electron chi connectivity index (χ2n) is 6.03. The average molecular weight is 313 g/mol. The molecule has 0 atom stereocenters. The third kappa shape index (κ3) is 4.98. The molecule has 0 N–H and O–H groups in total. The number of ether oxygens (including phenoxy) is 2. The van der Waals surface area contributed by atoms with Crippen molar-refractivity contribution in [2.75, 3.05) is 12.0 Å². The van der Waals surface area contributed by atoms with Crippen molar-refractivity contribution in [2.24, 2.45) is 0 Å². The molecule has 0 spiro atoms. The van der Waals surface area contributed by atoms with E-state index in [0.29, 0.717) is 12.4 Å². The Morgan fingerprint density at radius 3 is 2.48 bits per heavy atom. The lowest BCUT2D eigenvalue weighted by atomic mass is 10.2. The average Bonchev–Trinajstić information content (AvgIpc) is 2.52. The zero-order chi connectivity index (χ0) is 16.9. The Morgan fingerprint density at radius 1 is 1.26 bits per heavy atom. The largest absolute Gasteiger partial charge is 0.497 e. The molecule has 2 rings (SSSR count). The maximum Gasteiger partial charge on any atom is 0.416 e. The van der Waals surface area contributed by atoms with Gasteiger partial charge in [0.1, 0.15) is 17.2 Å². The van der Waals surface area contributed by atoms with E-state index >= 15 is 0 Å². The van der Waals surface area contributed by atoms with Crippen LogP contribution in [0.3, 0.4) is 0 Å². The lowest BCUT2D eigenvalue weighted by molar-refractivity contribution is 0.0576. The molecular formula is C18H21N2O3. The molecule has 5 nitrogen and oxygen atoms in total. The SMILES string of the molecule is COc1ccc(CN(C(=O)OC(C)(C)C)c2c[c]ccn2)cc1. The molecule has 0 aliphatic carbocycles. The summed E-state index contributed by atoms with van der Waals surface area (Å²) >= 11 is 0. The minimum Gasteiger partial charge on any atom is -0.497 e. The number of rotatable bonds is 4. The Kier molecular flexibility index (Phi) is 5.21. The van der Waals surface area contributed by atoms with Gasteiger partial charge in [-0.1, -0.05) is 12.1 Å². The first-order chi connectivity index (χ1) is 10.9. The zero-order valence-electron chi connectivity index (χ0n) is 13.9. The number of amides is 1. The molecule has 23 heavy (non-hydrogen) atoms. The minimum absolute atomic E-state index is 0.351. The van der Waals surface area contributed by atoms with Crippen LogP contribution in [0.1, 0.15) is 26.3 Å². The van der Waals surface area contributed by atoms with Crippen molar-refractivity contribution in [3.05, 3.63) is 54.2 Å². The van der Waals surface area contributed by atoms with Crippen LogP contribution in [0.4, 0.5) is 10.6 Å². The van der Waals surface area contributed by atoms with E-state index < -0.39 is 11.7 Å². The predicted octanol–water partition coefficient (Wildman–Crippen LogP) is 3.83. The van der Waals surface area contributed by atoms with E-state index in [-0.39, 0.29) is 0 Å². The van der Waals surface area contributed by atoms with E-state index in [2.05, 4.69) is 11.1 Å². The van der Waals surface area contributed by atoms with Gasteiger partial charge >= 0.3 is 6.09 Å². The quantitative estimate of drug-likeness (QED) is 0.860. The molecule has 5 heteroatoms. The predicted molar refractivity (Wildman–Crippen MR) is 88.5 cm³/mol. The van der Waals surface area contributed by atoms with Crippen molar-refractivity contribution in [2.45, 2.75) is 32.9 Å². The van der Waals surface area contributed by atoms with Gasteiger partial charge in [-0.15, -0.1) is 0 Å². The monoisotopic (exact) mass is 313 g/mol. The molecule has 1 radical (unpaired) electrons. The summed E-state index contributed by atoms with van der Waals surface area (Å²) in [4.78, 5) is 18.2. The summed E-state index contributed by atoms with van der Waals surface area (Å²) < 4.78 is 10.6. The van der Waals surface area contributed by atoms with Gasteiger partial charge in [-0.25, -0.2) is 9.78 Å². The highest BCUT2D eigenvalue weighted by Gasteiger charge is 2.24. The summed E-state index contributed by atoms with van der Waals surface area (Å²) in [5.41, 5.74) is 0.371. The molecule has 1 aromatic carbocycles. The molecule has 2 aromatic rings. The molecule has 1 amide bonds. The highest BCUT2D eigenvalue weighted by molar-refractivity contribution is 5.86. The van der Waals surface area contributed by atoms with E-state index in [4.69, 9.17) is 9.47 Å². The summed E-state index contributed by atoms with van der Waals surface area (Å²) in [6, 6.07) is 13.8. The Labute approximate surface area is 136 Å². The third-order valence-corrected chi connectivity index (χ3v) is 2.98. The summed E-state index contributed by atoms with van der Waals surface area (Å²) in [5.74, 6) is 1.27. The van der Waals surface area contributed by atoms with Gasteiger partial charge in [-0.2, -0.15) is 0 Å². The maximum atomic E-state index is 12.5. The number of benzene rings is 1. The fourth-order valence-electron chi connectivity index (χ4n) is 1.93. The van der Waals surface area contributed by atoms with Gasteiger partial charge < -0.3 is 9.47 Å². The number of carbonyl (C=O) groups excluding carboxylic acids is 1. The number of methoxy groups -OCH3 is 1. The first-order valence-corrected chi connectivity index (χ1v) is 7.34.